The summed E-state index contributed by atoms with van der Waals surface area (Å²) in [6.45, 7) is 1.01. The van der Waals surface area contributed by atoms with Crippen LogP contribution in [-0.2, 0) is 21.0 Å². The number of amides is 1. The van der Waals surface area contributed by atoms with Gasteiger partial charge in [-0.05, 0) is 49.2 Å². The van der Waals surface area contributed by atoms with Crippen molar-refractivity contribution < 1.29 is 26.4 Å². The Kier molecular flexibility index (Phi) is 7.04. The zero-order valence-electron chi connectivity index (χ0n) is 15.9. The van der Waals surface area contributed by atoms with E-state index in [2.05, 4.69) is 10.3 Å². The van der Waals surface area contributed by atoms with Crippen molar-refractivity contribution in [1.82, 2.24) is 9.29 Å². The molecule has 162 valence electrons. The third kappa shape index (κ3) is 5.73. The van der Waals surface area contributed by atoms with Crippen molar-refractivity contribution in [3.8, 4) is 0 Å². The molecule has 6 nitrogen and oxygen atoms in total. The van der Waals surface area contributed by atoms with E-state index in [0.717, 1.165) is 43.2 Å². The topological polar surface area (TPSA) is 79.4 Å². The van der Waals surface area contributed by atoms with Gasteiger partial charge in [-0.15, -0.1) is 0 Å². The molecule has 0 unspecified atom stereocenters. The fourth-order valence-corrected chi connectivity index (χ4v) is 5.04. The molecule has 11 heteroatoms. The predicted molar refractivity (Wildman–Crippen MR) is 108 cm³/mol. The number of carbonyl (C=O) groups excluding carboxylic acids is 1. The Morgan fingerprint density at radius 3 is 2.30 bits per heavy atom. The van der Waals surface area contributed by atoms with Gasteiger partial charge in [-0.25, -0.2) is 13.4 Å². The summed E-state index contributed by atoms with van der Waals surface area (Å²) in [6, 6.07) is 7.16. The largest absolute Gasteiger partial charge is 0.416 e. The Morgan fingerprint density at radius 2 is 1.73 bits per heavy atom. The third-order valence-corrected chi connectivity index (χ3v) is 7.34. The lowest BCUT2D eigenvalue weighted by molar-refractivity contribution is -0.137. The highest BCUT2D eigenvalue weighted by atomic mass is 32.2. The molecule has 1 aromatic carbocycles. The molecule has 1 aliphatic rings. The molecule has 1 amide bonds. The van der Waals surface area contributed by atoms with Crippen LogP contribution >= 0.6 is 11.8 Å². The number of anilines is 1. The smallest absolute Gasteiger partial charge is 0.325 e. The molecular formula is C19H20F3N3O3S2. The van der Waals surface area contributed by atoms with Crippen LogP contribution in [0.15, 0.2) is 52.5 Å². The summed E-state index contributed by atoms with van der Waals surface area (Å²) < 4.78 is 64.3. The van der Waals surface area contributed by atoms with Gasteiger partial charge >= 0.3 is 6.18 Å². The molecule has 3 rings (SSSR count). The molecule has 1 fully saturated rings. The minimum atomic E-state index is -4.43. The van der Waals surface area contributed by atoms with E-state index in [1.165, 1.54) is 34.8 Å². The normalized spacial score (nSPS) is 15.7. The number of carbonyl (C=O) groups is 1. The molecule has 1 N–H and O–H groups in total. The first kappa shape index (κ1) is 22.6. The summed E-state index contributed by atoms with van der Waals surface area (Å²) in [6.07, 6.45) is -0.449. The van der Waals surface area contributed by atoms with Crippen LogP contribution < -0.4 is 5.32 Å². The molecule has 2 aromatic rings. The lowest BCUT2D eigenvalue weighted by atomic mass is 10.2. The van der Waals surface area contributed by atoms with E-state index in [0.29, 0.717) is 18.1 Å². The number of rotatable bonds is 6. The molecule has 1 saturated heterocycles. The summed E-state index contributed by atoms with van der Waals surface area (Å²) in [5.74, 6) is -0.432. The zero-order valence-corrected chi connectivity index (χ0v) is 17.5. The second kappa shape index (κ2) is 9.36. The van der Waals surface area contributed by atoms with Crippen LogP contribution in [0.25, 0.3) is 0 Å². The maximum atomic E-state index is 12.6. The quantitative estimate of drug-likeness (QED) is 0.661. The SMILES string of the molecule is O=C(CSc1ccc(S(=O)(=O)N2CCCCC2)cn1)Nc1ccc(C(F)(F)F)cc1. The minimum absolute atomic E-state index is 0.0216. The van der Waals surface area contributed by atoms with E-state index in [4.69, 9.17) is 0 Å². The first-order chi connectivity index (χ1) is 14.2. The number of benzene rings is 1. The number of alkyl halides is 3. The third-order valence-electron chi connectivity index (χ3n) is 4.51. The number of thioether (sulfide) groups is 1. The lowest BCUT2D eigenvalue weighted by Gasteiger charge is -2.25. The summed E-state index contributed by atoms with van der Waals surface area (Å²) >= 11 is 1.10. The van der Waals surface area contributed by atoms with Gasteiger partial charge in [-0.1, -0.05) is 18.2 Å². The Morgan fingerprint density at radius 1 is 1.07 bits per heavy atom. The van der Waals surface area contributed by atoms with Gasteiger partial charge in [-0.3, -0.25) is 4.79 Å². The maximum Gasteiger partial charge on any atom is 0.416 e. The van der Waals surface area contributed by atoms with Gasteiger partial charge in [0.1, 0.15) is 4.90 Å². The molecule has 0 aliphatic carbocycles. The Bertz CT molecular complexity index is 973. The van der Waals surface area contributed by atoms with Crippen molar-refractivity contribution in [2.24, 2.45) is 0 Å². The average molecular weight is 460 g/mol. The first-order valence-corrected chi connectivity index (χ1v) is 11.6. The van der Waals surface area contributed by atoms with Crippen molar-refractivity contribution in [2.75, 3.05) is 24.2 Å². The van der Waals surface area contributed by atoms with Crippen LogP contribution in [0.3, 0.4) is 0 Å². The van der Waals surface area contributed by atoms with Gasteiger partial charge in [0.15, 0.2) is 0 Å². The van der Waals surface area contributed by atoms with Crippen LogP contribution in [0.4, 0.5) is 18.9 Å². The number of sulfonamides is 1. The van der Waals surface area contributed by atoms with Crippen molar-refractivity contribution in [1.29, 1.82) is 0 Å². The number of piperidine rings is 1. The van der Waals surface area contributed by atoms with Gasteiger partial charge < -0.3 is 5.32 Å². The highest BCUT2D eigenvalue weighted by molar-refractivity contribution is 7.99. The van der Waals surface area contributed by atoms with E-state index >= 15 is 0 Å². The average Bonchev–Trinajstić information content (AvgIpc) is 2.73. The monoisotopic (exact) mass is 459 g/mol. The van der Waals surface area contributed by atoms with Crippen LogP contribution in [0, 0.1) is 0 Å². The fraction of sp³-hybridized carbons (Fsp3) is 0.368. The second-order valence-electron chi connectivity index (χ2n) is 6.71. The Labute approximate surface area is 176 Å². The predicted octanol–water partition coefficient (Wildman–Crippen LogP) is 4.01. The molecule has 0 bridgehead atoms. The number of hydrogen-bond donors (Lipinski definition) is 1. The standard InChI is InChI=1S/C19H20F3N3O3S2/c20-19(21,22)14-4-6-15(7-5-14)24-17(26)13-29-18-9-8-16(12-23-18)30(27,28)25-10-2-1-3-11-25/h4-9,12H,1-3,10-11,13H2,(H,24,26). The summed E-state index contributed by atoms with van der Waals surface area (Å²) in [4.78, 5) is 16.2. The fourth-order valence-electron chi connectivity index (χ4n) is 2.94. The number of hydrogen-bond acceptors (Lipinski definition) is 5. The van der Waals surface area contributed by atoms with Crippen LogP contribution in [0.2, 0.25) is 0 Å². The number of aromatic nitrogens is 1. The van der Waals surface area contributed by atoms with Crippen molar-refractivity contribution in [3.05, 3.63) is 48.2 Å². The minimum Gasteiger partial charge on any atom is -0.325 e. The van der Waals surface area contributed by atoms with Gasteiger partial charge in [0.05, 0.1) is 16.3 Å². The number of pyridine rings is 1. The Balaban J connectivity index is 1.54. The molecular weight excluding hydrogens is 439 g/mol. The van der Waals surface area contributed by atoms with Crippen molar-refractivity contribution >= 4 is 33.4 Å². The number of nitrogens with zero attached hydrogens (tertiary/aromatic N) is 2. The molecule has 0 spiro atoms. The summed E-state index contributed by atoms with van der Waals surface area (Å²) in [5.41, 5.74) is -0.539. The molecule has 0 radical (unpaired) electrons. The second-order valence-corrected chi connectivity index (χ2v) is 9.64. The molecule has 1 aromatic heterocycles. The summed E-state index contributed by atoms with van der Waals surface area (Å²) in [5, 5.41) is 2.98. The highest BCUT2D eigenvalue weighted by Crippen LogP contribution is 2.30. The summed E-state index contributed by atoms with van der Waals surface area (Å²) in [7, 11) is -3.56. The maximum absolute atomic E-state index is 12.6. The van der Waals surface area contributed by atoms with Gasteiger partial charge in [0.2, 0.25) is 15.9 Å². The van der Waals surface area contributed by atoms with Crippen molar-refractivity contribution in [2.45, 2.75) is 35.4 Å². The van der Waals surface area contributed by atoms with Crippen molar-refractivity contribution in [3.63, 3.8) is 0 Å². The number of nitrogens with one attached hydrogen (secondary N) is 1. The molecule has 0 saturated carbocycles. The molecule has 2 heterocycles. The van der Waals surface area contributed by atoms with E-state index in [-0.39, 0.29) is 16.3 Å². The zero-order chi connectivity index (χ0) is 21.8. The molecule has 0 atom stereocenters. The van der Waals surface area contributed by atoms with Crippen LogP contribution in [-0.4, -0.2) is 42.5 Å². The van der Waals surface area contributed by atoms with Gasteiger partial charge in [0.25, 0.3) is 0 Å². The van der Waals surface area contributed by atoms with E-state index in [9.17, 15) is 26.4 Å². The Hall–Kier alpha value is -2.11. The number of halogens is 3. The highest BCUT2D eigenvalue weighted by Gasteiger charge is 2.30. The van der Waals surface area contributed by atoms with Gasteiger partial charge in [-0.2, -0.15) is 17.5 Å². The van der Waals surface area contributed by atoms with Crippen LogP contribution in [0.1, 0.15) is 24.8 Å². The van der Waals surface area contributed by atoms with E-state index in [1.54, 1.807) is 0 Å². The molecule has 30 heavy (non-hydrogen) atoms. The van der Waals surface area contributed by atoms with Crippen LogP contribution in [0.5, 0.6) is 0 Å². The van der Waals surface area contributed by atoms with E-state index in [1.807, 2.05) is 0 Å². The lowest BCUT2D eigenvalue weighted by Crippen LogP contribution is -2.35. The van der Waals surface area contributed by atoms with Gasteiger partial charge in [0, 0.05) is 25.0 Å². The molecule has 1 aliphatic heterocycles. The first-order valence-electron chi connectivity index (χ1n) is 9.22. The van der Waals surface area contributed by atoms with E-state index < -0.39 is 27.7 Å².